The van der Waals surface area contributed by atoms with Crippen LogP contribution in [0.25, 0.3) is 22.1 Å². The average molecular weight is 667 g/mol. The van der Waals surface area contributed by atoms with Crippen LogP contribution in [0.5, 0.6) is 11.5 Å². The molecule has 0 atom stereocenters. The van der Waals surface area contributed by atoms with E-state index < -0.39 is 23.6 Å². The Kier molecular flexibility index (Phi) is 8.27. The van der Waals surface area contributed by atoms with Crippen LogP contribution in [0.15, 0.2) is 48.6 Å². The molecule has 0 unspecified atom stereocenters. The van der Waals surface area contributed by atoms with E-state index >= 15 is 0 Å². The van der Waals surface area contributed by atoms with Crippen molar-refractivity contribution in [2.75, 3.05) is 17.7 Å². The number of rotatable bonds is 11. The van der Waals surface area contributed by atoms with Gasteiger partial charge in [0, 0.05) is 35.6 Å². The van der Waals surface area contributed by atoms with Gasteiger partial charge in [-0.3, -0.25) is 40.0 Å². The predicted molar refractivity (Wildman–Crippen MR) is 176 cm³/mol. The van der Waals surface area contributed by atoms with Gasteiger partial charge in [0.05, 0.1) is 18.1 Å². The van der Waals surface area contributed by atoms with E-state index in [1.165, 1.54) is 35.9 Å². The number of anilines is 2. The van der Waals surface area contributed by atoms with Gasteiger partial charge in [-0.1, -0.05) is 12.2 Å². The smallest absolute Gasteiger partial charge is 0.278 e. The van der Waals surface area contributed by atoms with Gasteiger partial charge in [-0.05, 0) is 50.2 Å². The second-order valence-corrected chi connectivity index (χ2v) is 11.0. The third-order valence-corrected chi connectivity index (χ3v) is 7.49. The molecule has 0 fully saturated rings. The molecule has 6 rings (SSSR count). The predicted octanol–water partition coefficient (Wildman–Crippen LogP) is 2.12. The third-order valence-electron chi connectivity index (χ3n) is 7.49. The lowest BCUT2D eigenvalue weighted by Gasteiger charge is -2.11. The van der Waals surface area contributed by atoms with Crippen LogP contribution < -0.4 is 26.8 Å². The van der Waals surface area contributed by atoms with Gasteiger partial charge < -0.3 is 30.4 Å². The highest BCUT2D eigenvalue weighted by atomic mass is 16.5. The Morgan fingerprint density at radius 3 is 1.69 bits per heavy atom. The Hall–Kier alpha value is -6.98. The van der Waals surface area contributed by atoms with E-state index in [1.54, 1.807) is 42.7 Å². The Labute approximate surface area is 276 Å². The number of aromatic amines is 2. The summed E-state index contributed by atoms with van der Waals surface area (Å²) in [6.45, 7) is 3.72. The van der Waals surface area contributed by atoms with E-state index in [0.717, 1.165) is 0 Å². The lowest BCUT2D eigenvalue weighted by molar-refractivity contribution is 0.0991. The normalized spacial score (nSPS) is 11.4. The summed E-state index contributed by atoms with van der Waals surface area (Å²) >= 11 is 0. The molecular weight excluding hydrogens is 636 g/mol. The number of allylic oxidation sites excluding steroid dienone is 2. The van der Waals surface area contributed by atoms with Crippen LogP contribution in [0.1, 0.15) is 53.1 Å². The molecule has 18 heteroatoms. The highest BCUT2D eigenvalue weighted by molar-refractivity contribution is 6.05. The van der Waals surface area contributed by atoms with Gasteiger partial charge in [-0.25, -0.2) is 9.97 Å². The molecule has 49 heavy (non-hydrogen) atoms. The zero-order chi connectivity index (χ0) is 35.0. The molecule has 6 aromatic rings. The van der Waals surface area contributed by atoms with Gasteiger partial charge in [-0.15, -0.1) is 0 Å². The number of phenolic OH excluding ortho intramolecular Hbond substituents is 1. The number of hydrogen-bond donors (Lipinski definition) is 7. The number of methoxy groups -OCH3 is 1. The average Bonchev–Trinajstić information content (AvgIpc) is 3.84. The van der Waals surface area contributed by atoms with Gasteiger partial charge in [-0.2, -0.15) is 10.2 Å². The number of aromatic nitrogens is 8. The number of H-pyrrole nitrogens is 2. The number of ether oxygens (including phenoxy) is 1. The van der Waals surface area contributed by atoms with Crippen molar-refractivity contribution in [3.05, 3.63) is 82.5 Å². The quantitative estimate of drug-likeness (QED) is 0.0990. The SMILES string of the molecule is COc1cc(C(N)=O)cc2nc(NC(=O)c3cc(C)[nH]n3)n(C/C=C/Cn3c(NC(=O)c4cc(C)[nH]n4)nc4cc(C(N)=O)cc(O)c43)c12. The Morgan fingerprint density at radius 1 is 0.776 bits per heavy atom. The molecular formula is C31H30N12O6. The molecule has 0 aliphatic carbocycles. The zero-order valence-corrected chi connectivity index (χ0v) is 26.4. The fourth-order valence-electron chi connectivity index (χ4n) is 5.22. The van der Waals surface area contributed by atoms with Crippen LogP contribution in [0.4, 0.5) is 11.9 Å². The number of aryl methyl sites for hydroxylation is 2. The second-order valence-electron chi connectivity index (χ2n) is 11.0. The van der Waals surface area contributed by atoms with E-state index in [9.17, 15) is 24.3 Å². The van der Waals surface area contributed by atoms with Crippen LogP contribution in [-0.2, 0) is 13.1 Å². The molecule has 0 spiro atoms. The number of aromatic hydroxyl groups is 1. The van der Waals surface area contributed by atoms with Crippen LogP contribution in [0.3, 0.4) is 0 Å². The summed E-state index contributed by atoms with van der Waals surface area (Å²) in [5, 5.41) is 29.8. The molecule has 250 valence electrons. The van der Waals surface area contributed by atoms with Crippen molar-refractivity contribution in [3.8, 4) is 11.5 Å². The fraction of sp³-hybridized carbons (Fsp3) is 0.161. The van der Waals surface area contributed by atoms with Crippen molar-refractivity contribution in [1.82, 2.24) is 39.5 Å². The number of fused-ring (bicyclic) bond motifs is 2. The molecule has 4 aromatic heterocycles. The van der Waals surface area contributed by atoms with Gasteiger partial charge in [0.1, 0.15) is 22.5 Å². The minimum absolute atomic E-state index is 0.0333. The molecule has 0 aliphatic rings. The summed E-state index contributed by atoms with van der Waals surface area (Å²) in [7, 11) is 1.43. The van der Waals surface area contributed by atoms with Gasteiger partial charge in [0.15, 0.2) is 11.4 Å². The molecule has 4 amide bonds. The van der Waals surface area contributed by atoms with Crippen molar-refractivity contribution in [2.24, 2.45) is 11.5 Å². The molecule has 18 nitrogen and oxygen atoms in total. The number of benzene rings is 2. The monoisotopic (exact) mass is 666 g/mol. The van der Waals surface area contributed by atoms with E-state index in [0.29, 0.717) is 22.4 Å². The molecule has 0 aliphatic heterocycles. The van der Waals surface area contributed by atoms with E-state index in [1.807, 2.05) is 0 Å². The first-order valence-corrected chi connectivity index (χ1v) is 14.7. The maximum atomic E-state index is 13.0. The highest BCUT2D eigenvalue weighted by Crippen LogP contribution is 2.32. The van der Waals surface area contributed by atoms with Crippen molar-refractivity contribution in [2.45, 2.75) is 26.9 Å². The van der Waals surface area contributed by atoms with Crippen molar-refractivity contribution < 1.29 is 29.0 Å². The van der Waals surface area contributed by atoms with Crippen LogP contribution in [0, 0.1) is 13.8 Å². The number of imidazole rings is 2. The maximum absolute atomic E-state index is 13.0. The molecule has 2 aromatic carbocycles. The van der Waals surface area contributed by atoms with Crippen molar-refractivity contribution in [1.29, 1.82) is 0 Å². The summed E-state index contributed by atoms with van der Waals surface area (Å²) in [5.41, 5.74) is 14.0. The Morgan fingerprint density at radius 2 is 1.24 bits per heavy atom. The Bertz CT molecular complexity index is 2330. The Balaban J connectivity index is 1.36. The van der Waals surface area contributed by atoms with Gasteiger partial charge >= 0.3 is 0 Å². The number of nitrogens with two attached hydrogens (primary N) is 2. The van der Waals surface area contributed by atoms with Crippen molar-refractivity contribution >= 4 is 57.6 Å². The van der Waals surface area contributed by atoms with Crippen LogP contribution >= 0.6 is 0 Å². The summed E-state index contributed by atoms with van der Waals surface area (Å²) < 4.78 is 8.77. The molecule has 0 bridgehead atoms. The van der Waals surface area contributed by atoms with E-state index in [2.05, 4.69) is 41.0 Å². The molecule has 9 N–H and O–H groups in total. The third kappa shape index (κ3) is 6.24. The van der Waals surface area contributed by atoms with Gasteiger partial charge in [0.2, 0.25) is 23.7 Å². The molecule has 0 radical (unpaired) electrons. The number of carbonyl (C=O) groups excluding carboxylic acids is 4. The number of amides is 4. The maximum Gasteiger partial charge on any atom is 0.278 e. The summed E-state index contributed by atoms with van der Waals surface area (Å²) in [4.78, 5) is 58.9. The lowest BCUT2D eigenvalue weighted by Crippen LogP contribution is -2.17. The number of nitrogens with one attached hydrogen (secondary N) is 4. The standard InChI is InChI=1S/C31H30N12O6/c1-14-8-20(40-38-14)28(47)36-30-34-18-10-16(26(32)45)12-22(44)24(18)42(30)6-4-5-7-43-25-19(11-17(27(33)46)13-23(25)49-3)35-31(43)37-29(48)21-9-15(2)39-41-21/h4-5,8-13,44H,6-7H2,1-3H3,(H2,32,45)(H2,33,46)(H,38,40)(H,39,41)(H,34,36,47)(H,35,37,48)/b5-4+. The molecule has 0 saturated carbocycles. The van der Waals surface area contributed by atoms with Crippen LogP contribution in [0.2, 0.25) is 0 Å². The second kappa shape index (κ2) is 12.7. The fourth-order valence-corrected chi connectivity index (χ4v) is 5.22. The summed E-state index contributed by atoms with van der Waals surface area (Å²) in [6, 6.07) is 8.73. The summed E-state index contributed by atoms with van der Waals surface area (Å²) in [5.74, 6) is -2.32. The first-order chi connectivity index (χ1) is 23.4. The topological polar surface area (TPSA) is 267 Å². The van der Waals surface area contributed by atoms with Crippen LogP contribution in [-0.4, -0.2) is 75.3 Å². The number of hydrogen-bond acceptors (Lipinski definition) is 10. The lowest BCUT2D eigenvalue weighted by atomic mass is 10.1. The minimum Gasteiger partial charge on any atom is -0.506 e. The van der Waals surface area contributed by atoms with Crippen molar-refractivity contribution in [3.63, 3.8) is 0 Å². The number of nitrogens with zero attached hydrogens (tertiary/aromatic N) is 6. The number of phenols is 1. The summed E-state index contributed by atoms with van der Waals surface area (Å²) in [6.07, 6.45) is 3.48. The van der Waals surface area contributed by atoms with Gasteiger partial charge in [0.25, 0.3) is 11.8 Å². The minimum atomic E-state index is -0.763. The largest absolute Gasteiger partial charge is 0.506 e. The molecule has 4 heterocycles. The molecule has 0 saturated heterocycles. The first-order valence-electron chi connectivity index (χ1n) is 14.7. The zero-order valence-electron chi connectivity index (χ0n) is 26.4. The van der Waals surface area contributed by atoms with E-state index in [4.69, 9.17) is 16.2 Å². The number of primary amides is 2. The number of carbonyl (C=O) groups is 4. The highest BCUT2D eigenvalue weighted by Gasteiger charge is 2.22. The van der Waals surface area contributed by atoms with E-state index in [-0.39, 0.29) is 70.0 Å². The first kappa shape index (κ1) is 32.0.